The second-order valence-corrected chi connectivity index (χ2v) is 5.75. The van der Waals surface area contributed by atoms with Gasteiger partial charge in [-0.25, -0.2) is 0 Å². The quantitative estimate of drug-likeness (QED) is 0.753. The summed E-state index contributed by atoms with van der Waals surface area (Å²) in [6, 6.07) is 0.256. The van der Waals surface area contributed by atoms with Crippen LogP contribution in [0.15, 0.2) is 0 Å². The van der Waals surface area contributed by atoms with Gasteiger partial charge in [-0.15, -0.1) is 0 Å². The van der Waals surface area contributed by atoms with E-state index in [1.54, 1.807) is 7.11 Å². The van der Waals surface area contributed by atoms with Gasteiger partial charge in [0.05, 0.1) is 12.0 Å². The first-order valence-electron chi connectivity index (χ1n) is 7.00. The van der Waals surface area contributed by atoms with Gasteiger partial charge in [0.15, 0.2) is 0 Å². The summed E-state index contributed by atoms with van der Waals surface area (Å²) in [5.41, 5.74) is 5.57. The average Bonchev–Trinajstić information content (AvgIpc) is 2.34. The first kappa shape index (κ1) is 15.4. The highest BCUT2D eigenvalue weighted by molar-refractivity contribution is 5.84. The molecule has 1 amide bonds. The normalized spacial score (nSPS) is 28.6. The Balaban J connectivity index is 2.74. The maximum absolute atomic E-state index is 12.7. The first-order valence-corrected chi connectivity index (χ1v) is 7.00. The van der Waals surface area contributed by atoms with E-state index in [-0.39, 0.29) is 17.4 Å². The second-order valence-electron chi connectivity index (χ2n) is 5.75. The largest absolute Gasteiger partial charge is 0.383 e. The highest BCUT2D eigenvalue weighted by Gasteiger charge is 2.49. The summed E-state index contributed by atoms with van der Waals surface area (Å²) >= 11 is 0. The van der Waals surface area contributed by atoms with Crippen molar-refractivity contribution in [3.8, 4) is 0 Å². The summed E-state index contributed by atoms with van der Waals surface area (Å²) in [6.45, 7) is 8.11. The van der Waals surface area contributed by atoms with E-state index >= 15 is 0 Å². The molecule has 1 rings (SSSR count). The van der Waals surface area contributed by atoms with Gasteiger partial charge in [0, 0.05) is 26.2 Å². The minimum absolute atomic E-state index is 0.231. The average molecular weight is 256 g/mol. The van der Waals surface area contributed by atoms with E-state index in [1.807, 2.05) is 4.90 Å². The van der Waals surface area contributed by atoms with E-state index in [1.165, 1.54) is 0 Å². The van der Waals surface area contributed by atoms with Crippen LogP contribution in [0.3, 0.4) is 0 Å². The molecule has 0 aromatic heterocycles. The van der Waals surface area contributed by atoms with Crippen LogP contribution in [0.1, 0.15) is 40.0 Å². The molecule has 2 N–H and O–H groups in total. The maximum atomic E-state index is 12.7. The number of amides is 1. The number of nitrogens with two attached hydrogens (primary N) is 1. The molecular formula is C14H28N2O2. The molecule has 0 saturated heterocycles. The molecule has 1 saturated carbocycles. The van der Waals surface area contributed by atoms with Crippen LogP contribution in [0.4, 0.5) is 0 Å². The smallest absolute Gasteiger partial charge is 0.230 e. The SMILES string of the molecule is CCC(C)N(CCOC)C(=O)C1(CN)CC(C)C1. The van der Waals surface area contributed by atoms with Crippen LogP contribution in [0.2, 0.25) is 0 Å². The maximum Gasteiger partial charge on any atom is 0.230 e. The predicted octanol–water partition coefficient (Wildman–Crippen LogP) is 1.63. The van der Waals surface area contributed by atoms with Crippen molar-refractivity contribution < 1.29 is 9.53 Å². The summed E-state index contributed by atoms with van der Waals surface area (Å²) in [6.07, 6.45) is 2.83. The van der Waals surface area contributed by atoms with Gasteiger partial charge in [0.25, 0.3) is 0 Å². The fourth-order valence-electron chi connectivity index (χ4n) is 2.94. The molecule has 1 aliphatic rings. The van der Waals surface area contributed by atoms with Gasteiger partial charge in [0.2, 0.25) is 5.91 Å². The second kappa shape index (κ2) is 6.53. The van der Waals surface area contributed by atoms with Gasteiger partial charge < -0.3 is 15.4 Å². The molecule has 18 heavy (non-hydrogen) atoms. The molecule has 0 bridgehead atoms. The number of hydrogen-bond acceptors (Lipinski definition) is 3. The molecule has 1 unspecified atom stereocenters. The number of hydrogen-bond donors (Lipinski definition) is 1. The Morgan fingerprint density at radius 1 is 1.56 bits per heavy atom. The van der Waals surface area contributed by atoms with Crippen LogP contribution in [-0.4, -0.2) is 43.7 Å². The molecule has 0 radical (unpaired) electrons. The zero-order valence-electron chi connectivity index (χ0n) is 12.2. The van der Waals surface area contributed by atoms with Gasteiger partial charge in [-0.3, -0.25) is 4.79 Å². The Bertz CT molecular complexity index is 275. The van der Waals surface area contributed by atoms with E-state index in [9.17, 15) is 4.79 Å². The van der Waals surface area contributed by atoms with Crippen LogP contribution in [-0.2, 0) is 9.53 Å². The van der Waals surface area contributed by atoms with Crippen molar-refractivity contribution in [1.29, 1.82) is 0 Å². The minimum atomic E-state index is -0.295. The number of rotatable bonds is 7. The fourth-order valence-corrected chi connectivity index (χ4v) is 2.94. The molecule has 4 nitrogen and oxygen atoms in total. The van der Waals surface area contributed by atoms with Crippen LogP contribution in [0.25, 0.3) is 0 Å². The first-order chi connectivity index (χ1) is 8.50. The van der Waals surface area contributed by atoms with Crippen molar-refractivity contribution in [1.82, 2.24) is 4.90 Å². The van der Waals surface area contributed by atoms with E-state index in [4.69, 9.17) is 10.5 Å². The molecule has 0 spiro atoms. The monoisotopic (exact) mass is 256 g/mol. The van der Waals surface area contributed by atoms with E-state index in [0.29, 0.717) is 25.6 Å². The minimum Gasteiger partial charge on any atom is -0.383 e. The molecule has 1 aliphatic carbocycles. The zero-order chi connectivity index (χ0) is 13.8. The lowest BCUT2D eigenvalue weighted by molar-refractivity contribution is -0.152. The molecule has 106 valence electrons. The van der Waals surface area contributed by atoms with E-state index in [0.717, 1.165) is 19.3 Å². The van der Waals surface area contributed by atoms with Crippen LogP contribution >= 0.6 is 0 Å². The molecule has 1 fully saturated rings. The number of nitrogens with zero attached hydrogens (tertiary/aromatic N) is 1. The number of ether oxygens (including phenoxy) is 1. The number of carbonyl (C=O) groups is 1. The summed E-state index contributed by atoms with van der Waals surface area (Å²) in [5.74, 6) is 0.855. The van der Waals surface area contributed by atoms with E-state index in [2.05, 4.69) is 20.8 Å². The number of carbonyl (C=O) groups excluding carboxylic acids is 1. The van der Waals surface area contributed by atoms with E-state index < -0.39 is 0 Å². The van der Waals surface area contributed by atoms with Crippen molar-refractivity contribution in [3.05, 3.63) is 0 Å². The lowest BCUT2D eigenvalue weighted by atomic mass is 9.61. The molecule has 0 aromatic rings. The topological polar surface area (TPSA) is 55.6 Å². The summed E-state index contributed by atoms with van der Waals surface area (Å²) in [4.78, 5) is 14.7. The molecule has 0 aliphatic heterocycles. The van der Waals surface area contributed by atoms with Crippen molar-refractivity contribution in [2.75, 3.05) is 26.8 Å². The van der Waals surface area contributed by atoms with Crippen molar-refractivity contribution in [3.63, 3.8) is 0 Å². The molecule has 1 atom stereocenters. The lowest BCUT2D eigenvalue weighted by Crippen LogP contribution is -2.57. The highest BCUT2D eigenvalue weighted by atomic mass is 16.5. The predicted molar refractivity (Wildman–Crippen MR) is 73.2 cm³/mol. The molecule has 0 heterocycles. The summed E-state index contributed by atoms with van der Waals surface area (Å²) < 4.78 is 5.11. The third-order valence-corrected chi connectivity index (χ3v) is 4.24. The van der Waals surface area contributed by atoms with Crippen LogP contribution < -0.4 is 5.73 Å². The third-order valence-electron chi connectivity index (χ3n) is 4.24. The van der Waals surface area contributed by atoms with Gasteiger partial charge in [-0.2, -0.15) is 0 Å². The van der Waals surface area contributed by atoms with Gasteiger partial charge in [0.1, 0.15) is 0 Å². The Morgan fingerprint density at radius 3 is 2.56 bits per heavy atom. The third kappa shape index (κ3) is 3.04. The standard InChI is InChI=1S/C14H28N2O2/c1-5-12(3)16(6-7-18-4)13(17)14(10-15)8-11(2)9-14/h11-12H,5-10,15H2,1-4H3. The number of methoxy groups -OCH3 is 1. The Kier molecular flexibility index (Phi) is 5.60. The van der Waals surface area contributed by atoms with Crippen LogP contribution in [0.5, 0.6) is 0 Å². The molecular weight excluding hydrogens is 228 g/mol. The zero-order valence-corrected chi connectivity index (χ0v) is 12.2. The fraction of sp³-hybridized carbons (Fsp3) is 0.929. The van der Waals surface area contributed by atoms with Crippen LogP contribution in [0, 0.1) is 11.3 Å². The molecule has 0 aromatic carbocycles. The highest BCUT2D eigenvalue weighted by Crippen LogP contribution is 2.46. The van der Waals surface area contributed by atoms with Crippen molar-refractivity contribution in [2.45, 2.75) is 46.1 Å². The van der Waals surface area contributed by atoms with Gasteiger partial charge in [-0.05, 0) is 32.1 Å². The molecule has 4 heteroatoms. The summed E-state index contributed by atoms with van der Waals surface area (Å²) in [5, 5.41) is 0. The lowest BCUT2D eigenvalue weighted by Gasteiger charge is -2.48. The van der Waals surface area contributed by atoms with Gasteiger partial charge in [-0.1, -0.05) is 13.8 Å². The Morgan fingerprint density at radius 2 is 2.17 bits per heavy atom. The van der Waals surface area contributed by atoms with Gasteiger partial charge >= 0.3 is 0 Å². The van der Waals surface area contributed by atoms with Crippen molar-refractivity contribution in [2.24, 2.45) is 17.1 Å². The summed E-state index contributed by atoms with van der Waals surface area (Å²) in [7, 11) is 1.67. The Labute approximate surface area is 111 Å². The van der Waals surface area contributed by atoms with Crippen molar-refractivity contribution >= 4 is 5.91 Å². The Hall–Kier alpha value is -0.610.